The first-order valence-electron chi connectivity index (χ1n) is 8.81. The van der Waals surface area contributed by atoms with E-state index in [9.17, 15) is 9.59 Å². The highest BCUT2D eigenvalue weighted by atomic mass is 16.5. The summed E-state index contributed by atoms with van der Waals surface area (Å²) >= 11 is 0. The van der Waals surface area contributed by atoms with E-state index in [0.717, 1.165) is 16.8 Å². The first-order valence-corrected chi connectivity index (χ1v) is 8.81. The average molecular weight is 352 g/mol. The molecule has 0 saturated heterocycles. The Kier molecular flexibility index (Phi) is 4.98. The minimum absolute atomic E-state index is 0.107. The third kappa shape index (κ3) is 3.57. The fourth-order valence-corrected chi connectivity index (χ4v) is 3.38. The summed E-state index contributed by atoms with van der Waals surface area (Å²) < 4.78 is 5.63. The minimum atomic E-state index is -0.547. The van der Waals surface area contributed by atoms with Gasteiger partial charge in [-0.3, -0.25) is 9.59 Å². The third-order valence-corrected chi connectivity index (χ3v) is 4.58. The number of nitrogens with one attached hydrogen (secondary N) is 1. The van der Waals surface area contributed by atoms with Crippen molar-refractivity contribution >= 4 is 23.2 Å². The molecule has 0 fully saturated rings. The predicted molar refractivity (Wildman–Crippen MR) is 103 cm³/mol. The summed E-state index contributed by atoms with van der Waals surface area (Å²) in [6.07, 6.45) is -0.325. The number of fused-ring (bicyclic) bond motifs is 1. The standard InChI is InChI=1S/C21H24N2O3/c1-13-11-14(2)20(15(3)12-13)22-19(24)9-10-23-17-7-5-6-8-18(17)26-16(4)21(23)25/h5-8,11-12,16H,9-10H2,1-4H3,(H,22,24)/t16-/m0/s1. The normalized spacial score (nSPS) is 16.1. The molecule has 0 radical (unpaired) electrons. The van der Waals surface area contributed by atoms with Gasteiger partial charge in [-0.2, -0.15) is 0 Å². The molecule has 1 aliphatic heterocycles. The third-order valence-electron chi connectivity index (χ3n) is 4.58. The summed E-state index contributed by atoms with van der Waals surface area (Å²) in [6, 6.07) is 11.5. The Morgan fingerprint density at radius 2 is 1.81 bits per heavy atom. The zero-order valence-electron chi connectivity index (χ0n) is 15.6. The number of nitrogens with zero attached hydrogens (tertiary/aromatic N) is 1. The van der Waals surface area contributed by atoms with Gasteiger partial charge in [0.2, 0.25) is 5.91 Å². The molecular formula is C21H24N2O3. The minimum Gasteiger partial charge on any atom is -0.479 e. The van der Waals surface area contributed by atoms with Gasteiger partial charge in [0.05, 0.1) is 5.69 Å². The lowest BCUT2D eigenvalue weighted by Crippen LogP contribution is -2.45. The van der Waals surface area contributed by atoms with Gasteiger partial charge in [-0.05, 0) is 51.0 Å². The van der Waals surface area contributed by atoms with Crippen LogP contribution in [0.4, 0.5) is 11.4 Å². The lowest BCUT2D eigenvalue weighted by atomic mass is 10.0. The van der Waals surface area contributed by atoms with Crippen LogP contribution >= 0.6 is 0 Å². The van der Waals surface area contributed by atoms with E-state index in [1.165, 1.54) is 5.56 Å². The van der Waals surface area contributed by atoms with Crippen molar-refractivity contribution in [3.8, 4) is 5.75 Å². The summed E-state index contributed by atoms with van der Waals surface area (Å²) in [5, 5.41) is 2.99. The van der Waals surface area contributed by atoms with E-state index >= 15 is 0 Å². The zero-order valence-corrected chi connectivity index (χ0v) is 15.6. The number of hydrogen-bond acceptors (Lipinski definition) is 3. The van der Waals surface area contributed by atoms with Crippen molar-refractivity contribution < 1.29 is 14.3 Å². The molecule has 0 aliphatic carbocycles. The van der Waals surface area contributed by atoms with E-state index in [4.69, 9.17) is 4.74 Å². The fourth-order valence-electron chi connectivity index (χ4n) is 3.38. The topological polar surface area (TPSA) is 58.6 Å². The molecule has 26 heavy (non-hydrogen) atoms. The van der Waals surface area contributed by atoms with Crippen molar-refractivity contribution in [3.05, 3.63) is 53.1 Å². The molecule has 0 bridgehead atoms. The van der Waals surface area contributed by atoms with Gasteiger partial charge in [0.15, 0.2) is 6.10 Å². The van der Waals surface area contributed by atoms with Crippen molar-refractivity contribution in [1.29, 1.82) is 0 Å². The van der Waals surface area contributed by atoms with E-state index in [1.54, 1.807) is 11.8 Å². The predicted octanol–water partition coefficient (Wildman–Crippen LogP) is 3.75. The van der Waals surface area contributed by atoms with Gasteiger partial charge in [0, 0.05) is 18.7 Å². The molecule has 5 heteroatoms. The highest BCUT2D eigenvalue weighted by Gasteiger charge is 2.31. The second kappa shape index (κ2) is 7.20. The number of ether oxygens (including phenoxy) is 1. The number of carbonyl (C=O) groups is 2. The zero-order chi connectivity index (χ0) is 18.8. The van der Waals surface area contributed by atoms with Crippen LogP contribution in [0.15, 0.2) is 36.4 Å². The van der Waals surface area contributed by atoms with Crippen LogP contribution in [0, 0.1) is 20.8 Å². The Morgan fingerprint density at radius 3 is 2.50 bits per heavy atom. The Hall–Kier alpha value is -2.82. The molecule has 3 rings (SSSR count). The maximum absolute atomic E-state index is 12.5. The molecule has 1 aliphatic rings. The quantitative estimate of drug-likeness (QED) is 0.911. The van der Waals surface area contributed by atoms with Crippen molar-refractivity contribution in [2.75, 3.05) is 16.8 Å². The van der Waals surface area contributed by atoms with E-state index in [0.29, 0.717) is 18.0 Å². The first kappa shape index (κ1) is 18.0. The molecule has 0 unspecified atom stereocenters. The molecule has 1 atom stereocenters. The smallest absolute Gasteiger partial charge is 0.267 e. The Labute approximate surface area is 154 Å². The highest BCUT2D eigenvalue weighted by Crippen LogP contribution is 2.33. The number of carbonyl (C=O) groups excluding carboxylic acids is 2. The molecule has 1 N–H and O–H groups in total. The van der Waals surface area contributed by atoms with Crippen LogP contribution in [0.5, 0.6) is 5.75 Å². The SMILES string of the molecule is Cc1cc(C)c(NC(=O)CCN2C(=O)[C@H](C)Oc3ccccc32)c(C)c1. The van der Waals surface area contributed by atoms with Crippen LogP contribution in [0.1, 0.15) is 30.0 Å². The molecule has 0 spiro atoms. The van der Waals surface area contributed by atoms with Gasteiger partial charge in [0.25, 0.3) is 5.91 Å². The van der Waals surface area contributed by atoms with Crippen LogP contribution < -0.4 is 15.0 Å². The highest BCUT2D eigenvalue weighted by molar-refractivity contribution is 6.01. The number of para-hydroxylation sites is 2. The van der Waals surface area contributed by atoms with E-state index < -0.39 is 6.10 Å². The number of benzene rings is 2. The van der Waals surface area contributed by atoms with Crippen molar-refractivity contribution in [2.24, 2.45) is 0 Å². The van der Waals surface area contributed by atoms with Crippen molar-refractivity contribution in [1.82, 2.24) is 0 Å². The number of rotatable bonds is 4. The molecule has 0 aromatic heterocycles. The summed E-state index contributed by atoms with van der Waals surface area (Å²) in [5.41, 5.74) is 4.81. The number of amides is 2. The molecule has 2 amide bonds. The maximum Gasteiger partial charge on any atom is 0.267 e. The molecule has 5 nitrogen and oxygen atoms in total. The maximum atomic E-state index is 12.5. The van der Waals surface area contributed by atoms with Crippen LogP contribution in [-0.4, -0.2) is 24.5 Å². The van der Waals surface area contributed by atoms with Gasteiger partial charge >= 0.3 is 0 Å². The Morgan fingerprint density at radius 1 is 1.15 bits per heavy atom. The van der Waals surface area contributed by atoms with Gasteiger partial charge in [-0.1, -0.05) is 29.8 Å². The van der Waals surface area contributed by atoms with E-state index in [2.05, 4.69) is 5.32 Å². The van der Waals surface area contributed by atoms with E-state index in [1.807, 2.05) is 57.2 Å². The second-order valence-corrected chi connectivity index (χ2v) is 6.79. The molecular weight excluding hydrogens is 328 g/mol. The van der Waals surface area contributed by atoms with Gasteiger partial charge in [0.1, 0.15) is 5.75 Å². The van der Waals surface area contributed by atoms with Crippen molar-refractivity contribution in [2.45, 2.75) is 40.2 Å². The van der Waals surface area contributed by atoms with Crippen molar-refractivity contribution in [3.63, 3.8) is 0 Å². The van der Waals surface area contributed by atoms with E-state index in [-0.39, 0.29) is 18.2 Å². The number of hydrogen-bond donors (Lipinski definition) is 1. The van der Waals surface area contributed by atoms with Crippen LogP contribution in [-0.2, 0) is 9.59 Å². The largest absolute Gasteiger partial charge is 0.479 e. The molecule has 0 saturated carbocycles. The Balaban J connectivity index is 1.71. The lowest BCUT2D eigenvalue weighted by Gasteiger charge is -2.32. The molecule has 2 aromatic carbocycles. The molecule has 2 aromatic rings. The lowest BCUT2D eigenvalue weighted by molar-refractivity contribution is -0.125. The monoisotopic (exact) mass is 352 g/mol. The van der Waals surface area contributed by atoms with Crippen LogP contribution in [0.25, 0.3) is 0 Å². The number of anilines is 2. The van der Waals surface area contributed by atoms with Gasteiger partial charge < -0.3 is 15.0 Å². The Bertz CT molecular complexity index is 837. The van der Waals surface area contributed by atoms with Gasteiger partial charge in [-0.25, -0.2) is 0 Å². The van der Waals surface area contributed by atoms with Crippen LogP contribution in [0.2, 0.25) is 0 Å². The summed E-state index contributed by atoms with van der Waals surface area (Å²) in [7, 11) is 0. The first-order chi connectivity index (χ1) is 12.4. The summed E-state index contributed by atoms with van der Waals surface area (Å²) in [5.74, 6) is 0.439. The second-order valence-electron chi connectivity index (χ2n) is 6.79. The van der Waals surface area contributed by atoms with Crippen LogP contribution in [0.3, 0.4) is 0 Å². The summed E-state index contributed by atoms with van der Waals surface area (Å²) in [4.78, 5) is 26.6. The molecule has 136 valence electrons. The molecule has 1 heterocycles. The number of aryl methyl sites for hydroxylation is 3. The fraction of sp³-hybridized carbons (Fsp3) is 0.333. The summed E-state index contributed by atoms with van der Waals surface area (Å²) in [6.45, 7) is 8.05. The van der Waals surface area contributed by atoms with Gasteiger partial charge in [-0.15, -0.1) is 0 Å². The average Bonchev–Trinajstić information content (AvgIpc) is 2.58.